The summed E-state index contributed by atoms with van der Waals surface area (Å²) in [6, 6.07) is 11.0. The molecule has 26 heavy (non-hydrogen) atoms. The van der Waals surface area contributed by atoms with Gasteiger partial charge < -0.3 is 14.6 Å². The number of pyridine rings is 1. The maximum atomic E-state index is 12.6. The van der Waals surface area contributed by atoms with Crippen LogP contribution in [0.2, 0.25) is 0 Å². The van der Waals surface area contributed by atoms with Crippen molar-refractivity contribution in [2.75, 3.05) is 7.11 Å². The Labute approximate surface area is 149 Å². The third-order valence-electron chi connectivity index (χ3n) is 4.11. The van der Waals surface area contributed by atoms with Gasteiger partial charge in [0.15, 0.2) is 0 Å². The van der Waals surface area contributed by atoms with Gasteiger partial charge in [0.2, 0.25) is 5.88 Å². The number of amides is 2. The number of ether oxygens (including phenoxy) is 1. The highest BCUT2D eigenvalue weighted by Crippen LogP contribution is 2.19. The Balaban J connectivity index is 1.82. The van der Waals surface area contributed by atoms with E-state index < -0.39 is 5.91 Å². The van der Waals surface area contributed by atoms with Crippen molar-refractivity contribution in [3.8, 4) is 5.88 Å². The van der Waals surface area contributed by atoms with Crippen molar-refractivity contribution in [3.05, 3.63) is 59.4 Å². The minimum atomic E-state index is -0.693. The molecule has 3 rings (SSSR count). The fourth-order valence-electron chi connectivity index (χ4n) is 2.77. The Kier molecular flexibility index (Phi) is 4.85. The molecule has 2 heterocycles. The van der Waals surface area contributed by atoms with E-state index in [0.29, 0.717) is 11.3 Å². The van der Waals surface area contributed by atoms with Gasteiger partial charge in [-0.05, 0) is 18.2 Å². The first kappa shape index (κ1) is 17.4. The number of fused-ring (bicyclic) bond motifs is 1. The molecule has 0 aliphatic carbocycles. The number of aromatic nitrogens is 2. The number of methoxy groups -OCH3 is 1. The van der Waals surface area contributed by atoms with Gasteiger partial charge in [-0.25, -0.2) is 10.5 Å². The Morgan fingerprint density at radius 2 is 2.00 bits per heavy atom. The third kappa shape index (κ3) is 3.22. The van der Waals surface area contributed by atoms with Crippen LogP contribution < -0.4 is 15.5 Å². The van der Waals surface area contributed by atoms with Crippen LogP contribution in [-0.2, 0) is 13.6 Å². The molecule has 1 aromatic carbocycles. The van der Waals surface area contributed by atoms with E-state index >= 15 is 0 Å². The van der Waals surface area contributed by atoms with Gasteiger partial charge in [-0.15, -0.1) is 0 Å². The van der Waals surface area contributed by atoms with Gasteiger partial charge in [-0.2, -0.15) is 0 Å². The predicted octanol–water partition coefficient (Wildman–Crippen LogP) is 1.63. The molecule has 8 heteroatoms. The van der Waals surface area contributed by atoms with Crippen LogP contribution in [0.1, 0.15) is 26.4 Å². The van der Waals surface area contributed by atoms with Crippen LogP contribution in [0.25, 0.3) is 10.9 Å². The van der Waals surface area contributed by atoms with Crippen molar-refractivity contribution in [3.63, 3.8) is 0 Å². The minimum Gasteiger partial charge on any atom is -0.481 e. The summed E-state index contributed by atoms with van der Waals surface area (Å²) in [7, 11) is 3.27. The molecule has 3 N–H and O–H groups in total. The Morgan fingerprint density at radius 3 is 2.69 bits per heavy atom. The standard InChI is InChI=1S/C18H18N4O4/c1-22-14-6-4-3-5-11(14)8-15(22)17(24)19-10-13-7-12(16(23)21-25)9-20-18(13)26-2/h3-9,25H,10H2,1-2H3,(H,19,24)(H,21,23). The maximum absolute atomic E-state index is 12.6. The number of para-hydroxylation sites is 1. The van der Waals surface area contributed by atoms with Crippen molar-refractivity contribution in [2.45, 2.75) is 6.54 Å². The summed E-state index contributed by atoms with van der Waals surface area (Å²) in [6.45, 7) is 0.114. The first-order chi connectivity index (χ1) is 12.5. The molecule has 0 aliphatic rings. The van der Waals surface area contributed by atoms with Gasteiger partial charge in [-0.1, -0.05) is 18.2 Å². The lowest BCUT2D eigenvalue weighted by Crippen LogP contribution is -2.26. The highest BCUT2D eigenvalue weighted by Gasteiger charge is 2.15. The number of aryl methyl sites for hydroxylation is 1. The maximum Gasteiger partial charge on any atom is 0.276 e. The second-order valence-electron chi connectivity index (χ2n) is 5.66. The monoisotopic (exact) mass is 354 g/mol. The van der Waals surface area contributed by atoms with E-state index in [1.54, 1.807) is 5.48 Å². The highest BCUT2D eigenvalue weighted by atomic mass is 16.5. The Morgan fingerprint density at radius 1 is 1.23 bits per heavy atom. The molecule has 8 nitrogen and oxygen atoms in total. The number of rotatable bonds is 5. The van der Waals surface area contributed by atoms with Gasteiger partial charge in [0.05, 0.1) is 12.7 Å². The molecule has 0 bridgehead atoms. The summed E-state index contributed by atoms with van der Waals surface area (Å²) in [6.07, 6.45) is 1.28. The third-order valence-corrected chi connectivity index (χ3v) is 4.11. The van der Waals surface area contributed by atoms with Crippen molar-refractivity contribution in [1.29, 1.82) is 0 Å². The Bertz CT molecular complexity index is 980. The number of hydrogen-bond acceptors (Lipinski definition) is 5. The SMILES string of the molecule is COc1ncc(C(=O)NO)cc1CNC(=O)c1cc2ccccc2n1C. The summed E-state index contributed by atoms with van der Waals surface area (Å²) in [5, 5.41) is 12.5. The summed E-state index contributed by atoms with van der Waals surface area (Å²) >= 11 is 0. The number of benzene rings is 1. The largest absolute Gasteiger partial charge is 0.481 e. The van der Waals surface area contributed by atoms with E-state index in [2.05, 4.69) is 10.3 Å². The molecule has 0 fully saturated rings. The van der Waals surface area contributed by atoms with E-state index in [1.807, 2.05) is 41.9 Å². The van der Waals surface area contributed by atoms with Crippen LogP contribution in [0, 0.1) is 0 Å². The smallest absolute Gasteiger partial charge is 0.276 e. The van der Waals surface area contributed by atoms with Crippen molar-refractivity contribution in [2.24, 2.45) is 7.05 Å². The van der Waals surface area contributed by atoms with E-state index in [-0.39, 0.29) is 23.9 Å². The molecule has 0 saturated heterocycles. The molecule has 0 saturated carbocycles. The number of nitrogens with one attached hydrogen (secondary N) is 2. The molecule has 134 valence electrons. The van der Waals surface area contributed by atoms with Crippen molar-refractivity contribution >= 4 is 22.7 Å². The lowest BCUT2D eigenvalue weighted by molar-refractivity contribution is 0.0705. The molecular weight excluding hydrogens is 336 g/mol. The van der Waals surface area contributed by atoms with Gasteiger partial charge >= 0.3 is 0 Å². The first-order valence-electron chi connectivity index (χ1n) is 7.85. The number of hydrogen-bond donors (Lipinski definition) is 3. The number of carbonyl (C=O) groups is 2. The quantitative estimate of drug-likeness (QED) is 0.477. The van der Waals surface area contributed by atoms with Crippen LogP contribution in [-0.4, -0.2) is 33.7 Å². The molecule has 0 spiro atoms. The lowest BCUT2D eigenvalue weighted by atomic mass is 10.2. The zero-order valence-corrected chi connectivity index (χ0v) is 14.3. The summed E-state index contributed by atoms with van der Waals surface area (Å²) in [5.74, 6) is -0.666. The first-order valence-corrected chi connectivity index (χ1v) is 7.85. The van der Waals surface area contributed by atoms with Crippen LogP contribution in [0.15, 0.2) is 42.6 Å². The zero-order valence-electron chi connectivity index (χ0n) is 14.3. The second-order valence-corrected chi connectivity index (χ2v) is 5.66. The van der Waals surface area contributed by atoms with Crippen molar-refractivity contribution in [1.82, 2.24) is 20.3 Å². The molecule has 0 aliphatic heterocycles. The fourth-order valence-corrected chi connectivity index (χ4v) is 2.77. The number of nitrogens with zero attached hydrogens (tertiary/aromatic N) is 2. The van der Waals surface area contributed by atoms with E-state index in [9.17, 15) is 9.59 Å². The summed E-state index contributed by atoms with van der Waals surface area (Å²) in [4.78, 5) is 28.1. The average Bonchev–Trinajstić information content (AvgIpc) is 3.02. The predicted molar refractivity (Wildman–Crippen MR) is 94.1 cm³/mol. The summed E-state index contributed by atoms with van der Waals surface area (Å²) < 4.78 is 6.98. The van der Waals surface area contributed by atoms with Gasteiger partial charge in [-0.3, -0.25) is 14.8 Å². The highest BCUT2D eigenvalue weighted by molar-refractivity contribution is 5.98. The van der Waals surface area contributed by atoms with Crippen molar-refractivity contribution < 1.29 is 19.5 Å². The van der Waals surface area contributed by atoms with Gasteiger partial charge in [0.25, 0.3) is 11.8 Å². The van der Waals surface area contributed by atoms with Crippen LogP contribution in [0.3, 0.4) is 0 Å². The average molecular weight is 354 g/mol. The molecule has 3 aromatic rings. The molecule has 0 radical (unpaired) electrons. The number of hydroxylamine groups is 1. The lowest BCUT2D eigenvalue weighted by Gasteiger charge is -2.11. The summed E-state index contributed by atoms with van der Waals surface area (Å²) in [5.41, 5.74) is 3.69. The minimum absolute atomic E-state index is 0.114. The van der Waals surface area contributed by atoms with E-state index in [1.165, 1.54) is 19.4 Å². The second kappa shape index (κ2) is 7.24. The molecule has 2 amide bonds. The van der Waals surface area contributed by atoms with Gasteiger partial charge in [0, 0.05) is 36.3 Å². The molecule has 0 unspecified atom stereocenters. The van der Waals surface area contributed by atoms with Crippen LogP contribution in [0.5, 0.6) is 5.88 Å². The normalized spacial score (nSPS) is 10.6. The van der Waals surface area contributed by atoms with E-state index in [4.69, 9.17) is 9.94 Å². The number of carbonyl (C=O) groups excluding carboxylic acids is 2. The zero-order chi connectivity index (χ0) is 18.7. The fraction of sp³-hybridized carbons (Fsp3) is 0.167. The Hall–Kier alpha value is -3.39. The molecule has 0 atom stereocenters. The topological polar surface area (TPSA) is 105 Å². The van der Waals surface area contributed by atoms with E-state index in [0.717, 1.165) is 10.9 Å². The molecular formula is C18H18N4O4. The van der Waals surface area contributed by atoms with Crippen LogP contribution in [0.4, 0.5) is 0 Å². The molecule has 2 aromatic heterocycles. The van der Waals surface area contributed by atoms with Gasteiger partial charge in [0.1, 0.15) is 5.69 Å². The van der Waals surface area contributed by atoms with Crippen LogP contribution >= 0.6 is 0 Å².